The Bertz CT molecular complexity index is 735. The highest BCUT2D eigenvalue weighted by Crippen LogP contribution is 2.34. The van der Waals surface area contributed by atoms with Gasteiger partial charge in [-0.25, -0.2) is 0 Å². The van der Waals surface area contributed by atoms with Crippen molar-refractivity contribution in [2.24, 2.45) is 0 Å². The van der Waals surface area contributed by atoms with Crippen LogP contribution in [0.3, 0.4) is 0 Å². The van der Waals surface area contributed by atoms with Crippen LogP contribution in [0.4, 0.5) is 0 Å². The summed E-state index contributed by atoms with van der Waals surface area (Å²) in [5.74, 6) is 1.36. The van der Waals surface area contributed by atoms with E-state index in [1.54, 1.807) is 24.3 Å². The van der Waals surface area contributed by atoms with E-state index in [0.717, 1.165) is 11.3 Å². The first kappa shape index (κ1) is 13.7. The Labute approximate surface area is 127 Å². The lowest BCUT2D eigenvalue weighted by Crippen LogP contribution is -1.99. The van der Waals surface area contributed by atoms with Crippen molar-refractivity contribution in [3.05, 3.63) is 64.4 Å². The fourth-order valence-electron chi connectivity index (χ4n) is 2.19. The topological polar surface area (TPSA) is 35.5 Å². The molecule has 3 nitrogen and oxygen atoms in total. The Morgan fingerprint density at radius 3 is 2.86 bits per heavy atom. The van der Waals surface area contributed by atoms with Crippen LogP contribution in [-0.2, 0) is 0 Å². The second-order valence-corrected chi connectivity index (χ2v) is 4.99. The minimum absolute atomic E-state index is 0.168. The first-order valence-corrected chi connectivity index (χ1v) is 7.02. The molecule has 1 aliphatic rings. The molecule has 21 heavy (non-hydrogen) atoms. The summed E-state index contributed by atoms with van der Waals surface area (Å²) >= 11 is 5.92. The van der Waals surface area contributed by atoms with Crippen molar-refractivity contribution in [2.45, 2.75) is 6.92 Å². The maximum absolute atomic E-state index is 12.3. The van der Waals surface area contributed by atoms with Crippen LogP contribution >= 0.6 is 11.6 Å². The van der Waals surface area contributed by atoms with Crippen molar-refractivity contribution < 1.29 is 14.3 Å². The molecule has 106 valence electrons. The zero-order valence-corrected chi connectivity index (χ0v) is 12.2. The molecule has 0 unspecified atom stereocenters. The van der Waals surface area contributed by atoms with Gasteiger partial charge in [0.1, 0.15) is 11.5 Å². The van der Waals surface area contributed by atoms with Crippen LogP contribution in [0.25, 0.3) is 6.08 Å². The molecule has 0 spiro atoms. The second-order valence-electron chi connectivity index (χ2n) is 4.55. The first-order valence-electron chi connectivity index (χ1n) is 6.64. The SMILES string of the molecule is CCOc1ccccc1/C=C1\Oc2ccc(Cl)cc2C1=O. The molecular formula is C17H13ClO3. The molecule has 0 N–H and O–H groups in total. The molecule has 0 bridgehead atoms. The van der Waals surface area contributed by atoms with Gasteiger partial charge in [0.2, 0.25) is 5.78 Å². The van der Waals surface area contributed by atoms with Crippen LogP contribution in [0.5, 0.6) is 11.5 Å². The van der Waals surface area contributed by atoms with E-state index in [4.69, 9.17) is 21.1 Å². The molecule has 0 radical (unpaired) electrons. The predicted octanol–water partition coefficient (Wildman–Crippen LogP) is 4.35. The average Bonchev–Trinajstić information content (AvgIpc) is 2.78. The molecule has 0 amide bonds. The van der Waals surface area contributed by atoms with Gasteiger partial charge in [-0.05, 0) is 37.3 Å². The van der Waals surface area contributed by atoms with E-state index >= 15 is 0 Å². The number of para-hydroxylation sites is 1. The second kappa shape index (κ2) is 5.62. The monoisotopic (exact) mass is 300 g/mol. The third-order valence-corrected chi connectivity index (χ3v) is 3.37. The van der Waals surface area contributed by atoms with Gasteiger partial charge in [-0.2, -0.15) is 0 Å². The molecule has 0 fully saturated rings. The third-order valence-electron chi connectivity index (χ3n) is 3.14. The Kier molecular flexibility index (Phi) is 3.67. The van der Waals surface area contributed by atoms with E-state index in [-0.39, 0.29) is 11.5 Å². The lowest BCUT2D eigenvalue weighted by atomic mass is 10.1. The quantitative estimate of drug-likeness (QED) is 0.790. The Morgan fingerprint density at radius 1 is 1.24 bits per heavy atom. The van der Waals surface area contributed by atoms with Crippen molar-refractivity contribution in [1.82, 2.24) is 0 Å². The van der Waals surface area contributed by atoms with E-state index in [2.05, 4.69) is 0 Å². The summed E-state index contributed by atoms with van der Waals surface area (Å²) < 4.78 is 11.2. The summed E-state index contributed by atoms with van der Waals surface area (Å²) in [7, 11) is 0. The minimum Gasteiger partial charge on any atom is -0.493 e. The van der Waals surface area contributed by atoms with Crippen molar-refractivity contribution in [2.75, 3.05) is 6.61 Å². The lowest BCUT2D eigenvalue weighted by Gasteiger charge is -2.07. The highest BCUT2D eigenvalue weighted by atomic mass is 35.5. The molecule has 2 aromatic rings. The van der Waals surface area contributed by atoms with Gasteiger partial charge in [0.25, 0.3) is 0 Å². The van der Waals surface area contributed by atoms with Crippen molar-refractivity contribution in [3.63, 3.8) is 0 Å². The molecule has 1 aliphatic heterocycles. The van der Waals surface area contributed by atoms with Crippen molar-refractivity contribution >= 4 is 23.5 Å². The number of hydrogen-bond acceptors (Lipinski definition) is 3. The van der Waals surface area contributed by atoms with Crippen LogP contribution in [0.15, 0.2) is 48.2 Å². The van der Waals surface area contributed by atoms with Gasteiger partial charge in [-0.15, -0.1) is 0 Å². The number of carbonyl (C=O) groups excluding carboxylic acids is 1. The Morgan fingerprint density at radius 2 is 2.05 bits per heavy atom. The van der Waals surface area contributed by atoms with Gasteiger partial charge in [0.05, 0.1) is 12.2 Å². The summed E-state index contributed by atoms with van der Waals surface area (Å²) in [6.07, 6.45) is 1.70. The van der Waals surface area contributed by atoms with E-state index in [1.807, 2.05) is 31.2 Å². The number of rotatable bonds is 3. The molecule has 2 aromatic carbocycles. The largest absolute Gasteiger partial charge is 0.493 e. The zero-order valence-electron chi connectivity index (χ0n) is 11.4. The summed E-state index contributed by atoms with van der Waals surface area (Å²) in [4.78, 5) is 12.3. The maximum Gasteiger partial charge on any atom is 0.232 e. The fourth-order valence-corrected chi connectivity index (χ4v) is 2.36. The van der Waals surface area contributed by atoms with Crippen molar-refractivity contribution in [3.8, 4) is 11.5 Å². The molecule has 1 heterocycles. The molecule has 0 atom stereocenters. The molecule has 0 saturated carbocycles. The van der Waals surface area contributed by atoms with E-state index in [9.17, 15) is 4.79 Å². The fraction of sp³-hybridized carbons (Fsp3) is 0.118. The molecule has 0 aromatic heterocycles. The number of halogens is 1. The number of fused-ring (bicyclic) bond motifs is 1. The maximum atomic E-state index is 12.3. The van der Waals surface area contributed by atoms with E-state index in [0.29, 0.717) is 22.9 Å². The number of hydrogen-bond donors (Lipinski definition) is 0. The number of carbonyl (C=O) groups is 1. The highest BCUT2D eigenvalue weighted by Gasteiger charge is 2.27. The average molecular weight is 301 g/mol. The Hall–Kier alpha value is -2.26. The van der Waals surface area contributed by atoms with Gasteiger partial charge >= 0.3 is 0 Å². The third kappa shape index (κ3) is 2.65. The van der Waals surface area contributed by atoms with Crippen molar-refractivity contribution in [1.29, 1.82) is 0 Å². The van der Waals surface area contributed by atoms with Gasteiger partial charge in [0.15, 0.2) is 5.76 Å². The number of ether oxygens (including phenoxy) is 2. The number of allylic oxidation sites excluding steroid dienone is 1. The minimum atomic E-state index is -0.168. The number of Topliss-reactive ketones (excluding diaryl/α,β-unsaturated/α-hetero) is 1. The molecule has 0 aliphatic carbocycles. The van der Waals surface area contributed by atoms with Gasteiger partial charge < -0.3 is 9.47 Å². The predicted molar refractivity (Wildman–Crippen MR) is 82.0 cm³/mol. The zero-order chi connectivity index (χ0) is 14.8. The smallest absolute Gasteiger partial charge is 0.232 e. The lowest BCUT2D eigenvalue weighted by molar-refractivity contribution is 0.101. The van der Waals surface area contributed by atoms with Crippen LogP contribution in [-0.4, -0.2) is 12.4 Å². The summed E-state index contributed by atoms with van der Waals surface area (Å²) in [5.41, 5.74) is 1.30. The molecular weight excluding hydrogens is 288 g/mol. The van der Waals surface area contributed by atoms with E-state index in [1.165, 1.54) is 0 Å². The van der Waals surface area contributed by atoms with Gasteiger partial charge in [-0.1, -0.05) is 29.8 Å². The van der Waals surface area contributed by atoms with Crippen LogP contribution in [0.1, 0.15) is 22.8 Å². The normalized spacial score (nSPS) is 15.0. The summed E-state index contributed by atoms with van der Waals surface area (Å²) in [5, 5.41) is 0.515. The highest BCUT2D eigenvalue weighted by molar-refractivity contribution is 6.31. The number of ketones is 1. The standard InChI is InChI=1S/C17H13ClO3/c1-2-20-14-6-4-3-5-11(14)9-16-17(19)13-10-12(18)7-8-15(13)21-16/h3-10H,2H2,1H3/b16-9-. The molecule has 4 heteroatoms. The molecule has 0 saturated heterocycles. The van der Waals surface area contributed by atoms with E-state index < -0.39 is 0 Å². The molecule has 3 rings (SSSR count). The Balaban J connectivity index is 1.98. The first-order chi connectivity index (χ1) is 10.2. The number of benzene rings is 2. The van der Waals surface area contributed by atoms with Crippen LogP contribution in [0, 0.1) is 0 Å². The van der Waals surface area contributed by atoms with Gasteiger partial charge in [0, 0.05) is 10.6 Å². The van der Waals surface area contributed by atoms with Gasteiger partial charge in [-0.3, -0.25) is 4.79 Å². The van der Waals surface area contributed by atoms with Crippen LogP contribution < -0.4 is 9.47 Å². The van der Waals surface area contributed by atoms with Crippen LogP contribution in [0.2, 0.25) is 5.02 Å². The summed E-state index contributed by atoms with van der Waals surface area (Å²) in [6, 6.07) is 12.5. The summed E-state index contributed by atoms with van der Waals surface area (Å²) in [6.45, 7) is 2.48.